The van der Waals surface area contributed by atoms with Crippen molar-refractivity contribution in [1.82, 2.24) is 5.43 Å². The number of benzene rings is 1. The molecule has 0 aliphatic rings. The Kier molecular flexibility index (Phi) is 7.96. The second-order valence-corrected chi connectivity index (χ2v) is 5.76. The van der Waals surface area contributed by atoms with Gasteiger partial charge in [0.15, 0.2) is 6.10 Å². The van der Waals surface area contributed by atoms with Crippen molar-refractivity contribution in [2.24, 2.45) is 5.10 Å². The zero-order chi connectivity index (χ0) is 16.5. The highest BCUT2D eigenvalue weighted by molar-refractivity contribution is 6.30. The molecule has 1 amide bonds. The highest BCUT2D eigenvalue weighted by atomic mass is 35.5. The maximum absolute atomic E-state index is 12.1. The summed E-state index contributed by atoms with van der Waals surface area (Å²) in [7, 11) is 0. The third kappa shape index (κ3) is 6.06. The van der Waals surface area contributed by atoms with Gasteiger partial charge in [0.2, 0.25) is 0 Å². The number of halogens is 1. The molecule has 1 rings (SSSR count). The molecule has 0 radical (unpaired) electrons. The highest BCUT2D eigenvalue weighted by Crippen LogP contribution is 2.22. The molecular formula is C17H25ClN2O2. The number of nitrogens with zero attached hydrogens (tertiary/aromatic N) is 1. The van der Waals surface area contributed by atoms with E-state index in [1.54, 1.807) is 25.1 Å². The number of carbonyl (C=O) groups excluding carboxylic acids is 1. The number of amides is 1. The van der Waals surface area contributed by atoms with Crippen molar-refractivity contribution in [3.8, 4) is 5.75 Å². The van der Waals surface area contributed by atoms with Crippen molar-refractivity contribution in [2.75, 3.05) is 0 Å². The Labute approximate surface area is 137 Å². The maximum Gasteiger partial charge on any atom is 0.280 e. The topological polar surface area (TPSA) is 50.7 Å². The SMILES string of the molecule is CCCC(CCC)=NNC(=O)C(C)Oc1ccc(Cl)cc1C. The van der Waals surface area contributed by atoms with Crippen molar-refractivity contribution >= 4 is 23.2 Å². The lowest BCUT2D eigenvalue weighted by Gasteiger charge is -2.15. The lowest BCUT2D eigenvalue weighted by molar-refractivity contribution is -0.127. The maximum atomic E-state index is 12.1. The van der Waals surface area contributed by atoms with Crippen LogP contribution in [0.2, 0.25) is 5.02 Å². The lowest BCUT2D eigenvalue weighted by atomic mass is 10.1. The standard InChI is InChI=1S/C17H25ClN2O2/c1-5-7-15(8-6-2)19-20-17(21)13(4)22-16-10-9-14(18)11-12(16)3/h9-11,13H,5-8H2,1-4H3,(H,20,21). The van der Waals surface area contributed by atoms with Gasteiger partial charge in [-0.1, -0.05) is 38.3 Å². The summed E-state index contributed by atoms with van der Waals surface area (Å²) < 4.78 is 5.67. The van der Waals surface area contributed by atoms with Gasteiger partial charge in [-0.15, -0.1) is 0 Å². The summed E-state index contributed by atoms with van der Waals surface area (Å²) >= 11 is 5.91. The Morgan fingerprint density at radius 1 is 1.32 bits per heavy atom. The average Bonchev–Trinajstić information content (AvgIpc) is 2.47. The number of aryl methyl sites for hydroxylation is 1. The lowest BCUT2D eigenvalue weighted by Crippen LogP contribution is -2.34. The van der Waals surface area contributed by atoms with Crippen molar-refractivity contribution in [1.29, 1.82) is 0 Å². The van der Waals surface area contributed by atoms with Gasteiger partial charge in [-0.3, -0.25) is 4.79 Å². The largest absolute Gasteiger partial charge is 0.481 e. The van der Waals surface area contributed by atoms with Crippen LogP contribution in [0.15, 0.2) is 23.3 Å². The van der Waals surface area contributed by atoms with E-state index in [-0.39, 0.29) is 5.91 Å². The quantitative estimate of drug-likeness (QED) is 0.566. The van der Waals surface area contributed by atoms with Gasteiger partial charge in [0.25, 0.3) is 5.91 Å². The average molecular weight is 325 g/mol. The first-order chi connectivity index (χ1) is 10.5. The molecule has 122 valence electrons. The molecule has 22 heavy (non-hydrogen) atoms. The Morgan fingerprint density at radius 2 is 1.95 bits per heavy atom. The fourth-order valence-electron chi connectivity index (χ4n) is 2.03. The third-order valence-electron chi connectivity index (χ3n) is 3.21. The van der Waals surface area contributed by atoms with Gasteiger partial charge in [0.1, 0.15) is 5.75 Å². The van der Waals surface area contributed by atoms with E-state index in [0.717, 1.165) is 37.0 Å². The highest BCUT2D eigenvalue weighted by Gasteiger charge is 2.15. The number of hydrogen-bond donors (Lipinski definition) is 1. The van der Waals surface area contributed by atoms with Crippen LogP contribution in [0.25, 0.3) is 0 Å². The molecule has 1 atom stereocenters. The van der Waals surface area contributed by atoms with Crippen molar-refractivity contribution in [2.45, 2.75) is 59.5 Å². The van der Waals surface area contributed by atoms with Crippen LogP contribution in [0.1, 0.15) is 52.0 Å². The van der Waals surface area contributed by atoms with Crippen LogP contribution >= 0.6 is 11.6 Å². The van der Waals surface area contributed by atoms with Crippen molar-refractivity contribution in [3.05, 3.63) is 28.8 Å². The number of hydrazone groups is 1. The fourth-order valence-corrected chi connectivity index (χ4v) is 2.25. The minimum atomic E-state index is -0.617. The van der Waals surface area contributed by atoms with E-state index in [0.29, 0.717) is 10.8 Å². The molecule has 0 aliphatic heterocycles. The minimum absolute atomic E-state index is 0.251. The molecular weight excluding hydrogens is 300 g/mol. The van der Waals surface area contributed by atoms with Crippen LogP contribution in [0, 0.1) is 6.92 Å². The van der Waals surface area contributed by atoms with E-state index in [9.17, 15) is 4.79 Å². The summed E-state index contributed by atoms with van der Waals surface area (Å²) in [6.45, 7) is 7.80. The smallest absolute Gasteiger partial charge is 0.280 e. The molecule has 1 N–H and O–H groups in total. The molecule has 1 aromatic carbocycles. The summed E-state index contributed by atoms with van der Waals surface area (Å²) in [5, 5.41) is 4.87. The van der Waals surface area contributed by atoms with Gasteiger partial charge in [-0.05, 0) is 50.5 Å². The van der Waals surface area contributed by atoms with Gasteiger partial charge in [0.05, 0.1) is 0 Å². The van der Waals surface area contributed by atoms with E-state index >= 15 is 0 Å². The second-order valence-electron chi connectivity index (χ2n) is 5.32. The zero-order valence-corrected chi connectivity index (χ0v) is 14.5. The van der Waals surface area contributed by atoms with E-state index in [2.05, 4.69) is 24.4 Å². The molecule has 0 bridgehead atoms. The summed E-state index contributed by atoms with van der Waals surface area (Å²) in [4.78, 5) is 12.1. The molecule has 0 saturated carbocycles. The third-order valence-corrected chi connectivity index (χ3v) is 3.45. The van der Waals surface area contributed by atoms with Gasteiger partial charge >= 0.3 is 0 Å². The summed E-state index contributed by atoms with van der Waals surface area (Å²) in [5.41, 5.74) is 4.52. The van der Waals surface area contributed by atoms with Gasteiger partial charge in [0, 0.05) is 10.7 Å². The van der Waals surface area contributed by atoms with Crippen LogP contribution in [0.3, 0.4) is 0 Å². The Hall–Kier alpha value is -1.55. The van der Waals surface area contributed by atoms with Crippen LogP contribution in [-0.2, 0) is 4.79 Å². The zero-order valence-electron chi connectivity index (χ0n) is 13.8. The molecule has 1 aromatic rings. The Morgan fingerprint density at radius 3 is 2.50 bits per heavy atom. The van der Waals surface area contributed by atoms with Crippen LogP contribution in [0.5, 0.6) is 5.75 Å². The van der Waals surface area contributed by atoms with E-state index in [4.69, 9.17) is 16.3 Å². The number of nitrogens with one attached hydrogen (secondary N) is 1. The first-order valence-corrected chi connectivity index (χ1v) is 8.13. The molecule has 4 nitrogen and oxygen atoms in total. The number of rotatable bonds is 8. The predicted molar refractivity (Wildman–Crippen MR) is 91.7 cm³/mol. The predicted octanol–water partition coefficient (Wildman–Crippen LogP) is 4.49. The van der Waals surface area contributed by atoms with E-state index < -0.39 is 6.10 Å². The first kappa shape index (κ1) is 18.5. The van der Waals surface area contributed by atoms with Gasteiger partial charge in [-0.25, -0.2) is 5.43 Å². The second kappa shape index (κ2) is 9.46. The Balaban J connectivity index is 2.62. The number of ether oxygens (including phenoxy) is 1. The van der Waals surface area contributed by atoms with E-state index in [1.165, 1.54) is 0 Å². The van der Waals surface area contributed by atoms with Crippen LogP contribution < -0.4 is 10.2 Å². The fraction of sp³-hybridized carbons (Fsp3) is 0.529. The van der Waals surface area contributed by atoms with Crippen molar-refractivity contribution < 1.29 is 9.53 Å². The molecule has 1 unspecified atom stereocenters. The molecule has 0 heterocycles. The number of carbonyl (C=O) groups is 1. The molecule has 0 aromatic heterocycles. The normalized spacial score (nSPS) is 11.7. The van der Waals surface area contributed by atoms with Crippen LogP contribution in [-0.4, -0.2) is 17.7 Å². The van der Waals surface area contributed by atoms with Crippen molar-refractivity contribution in [3.63, 3.8) is 0 Å². The molecule has 5 heteroatoms. The summed E-state index contributed by atoms with van der Waals surface area (Å²) in [5.74, 6) is 0.400. The van der Waals surface area contributed by atoms with Gasteiger partial charge in [-0.2, -0.15) is 5.10 Å². The monoisotopic (exact) mass is 324 g/mol. The molecule has 0 fully saturated rings. The summed E-state index contributed by atoms with van der Waals surface area (Å²) in [6.07, 6.45) is 3.22. The van der Waals surface area contributed by atoms with Gasteiger partial charge < -0.3 is 4.74 Å². The van der Waals surface area contributed by atoms with Crippen LogP contribution in [0.4, 0.5) is 0 Å². The molecule has 0 aliphatic carbocycles. The summed E-state index contributed by atoms with van der Waals surface area (Å²) in [6, 6.07) is 5.32. The Bertz CT molecular complexity index is 521. The first-order valence-electron chi connectivity index (χ1n) is 7.76. The van der Waals surface area contributed by atoms with E-state index in [1.807, 2.05) is 6.92 Å². The molecule has 0 saturated heterocycles. The number of hydrogen-bond acceptors (Lipinski definition) is 3. The minimum Gasteiger partial charge on any atom is -0.481 e. The molecule has 0 spiro atoms.